The molecule has 0 radical (unpaired) electrons. The number of allylic oxidation sites excluding steroid dienone is 1. The van der Waals surface area contributed by atoms with Crippen LogP contribution < -0.4 is 0 Å². The van der Waals surface area contributed by atoms with E-state index in [0.717, 1.165) is 0 Å². The van der Waals surface area contributed by atoms with Crippen LogP contribution >= 0.6 is 0 Å². The minimum atomic E-state index is -0.643. The first-order valence-electron chi connectivity index (χ1n) is 6.61. The summed E-state index contributed by atoms with van der Waals surface area (Å²) in [7, 11) is 0. The Hall–Kier alpha value is -2.23. The molecule has 0 aromatic heterocycles. The second kappa shape index (κ2) is 4.71. The zero-order valence-electron chi connectivity index (χ0n) is 11.0. The SMILES string of the molecule is CC(=O)OC1C=CCC2C(=O)c3ccccc3C(=O)C12. The summed E-state index contributed by atoms with van der Waals surface area (Å²) >= 11 is 0. The van der Waals surface area contributed by atoms with E-state index in [-0.39, 0.29) is 11.6 Å². The molecule has 3 atom stereocenters. The van der Waals surface area contributed by atoms with E-state index >= 15 is 0 Å². The van der Waals surface area contributed by atoms with Crippen molar-refractivity contribution in [3.63, 3.8) is 0 Å². The van der Waals surface area contributed by atoms with Gasteiger partial charge in [-0.2, -0.15) is 0 Å². The first-order chi connectivity index (χ1) is 9.59. The maximum atomic E-state index is 12.6. The van der Waals surface area contributed by atoms with Gasteiger partial charge in [0.05, 0.1) is 5.92 Å². The molecule has 4 heteroatoms. The van der Waals surface area contributed by atoms with Gasteiger partial charge in [0.1, 0.15) is 6.10 Å². The molecule has 0 spiro atoms. The molecule has 0 bridgehead atoms. The average Bonchev–Trinajstić information content (AvgIpc) is 2.44. The number of benzene rings is 1. The number of ether oxygens (including phenoxy) is 1. The Kier molecular flexibility index (Phi) is 3.01. The number of fused-ring (bicyclic) bond motifs is 2. The van der Waals surface area contributed by atoms with Crippen molar-refractivity contribution in [3.05, 3.63) is 47.5 Å². The zero-order chi connectivity index (χ0) is 14.3. The Morgan fingerprint density at radius 3 is 2.45 bits per heavy atom. The van der Waals surface area contributed by atoms with Crippen molar-refractivity contribution in [2.45, 2.75) is 19.4 Å². The summed E-state index contributed by atoms with van der Waals surface area (Å²) in [5.74, 6) is -1.61. The lowest BCUT2D eigenvalue weighted by Crippen LogP contribution is -2.45. The largest absolute Gasteiger partial charge is 0.458 e. The summed E-state index contributed by atoms with van der Waals surface area (Å²) < 4.78 is 5.20. The Balaban J connectivity index is 2.06. The molecular formula is C16H14O4. The third-order valence-corrected chi connectivity index (χ3v) is 3.90. The normalized spacial score (nSPS) is 27.8. The van der Waals surface area contributed by atoms with Crippen LogP contribution in [0.2, 0.25) is 0 Å². The first-order valence-corrected chi connectivity index (χ1v) is 6.61. The summed E-state index contributed by atoms with van der Waals surface area (Å²) in [5, 5.41) is 0. The van der Waals surface area contributed by atoms with Gasteiger partial charge >= 0.3 is 5.97 Å². The number of carbonyl (C=O) groups excluding carboxylic acids is 3. The van der Waals surface area contributed by atoms with Crippen molar-refractivity contribution >= 4 is 17.5 Å². The molecule has 0 heterocycles. The van der Waals surface area contributed by atoms with Crippen LogP contribution in [0.4, 0.5) is 0 Å². The van der Waals surface area contributed by atoms with Crippen molar-refractivity contribution in [2.75, 3.05) is 0 Å². The molecule has 3 unspecified atom stereocenters. The van der Waals surface area contributed by atoms with Crippen LogP contribution in [0.25, 0.3) is 0 Å². The maximum absolute atomic E-state index is 12.6. The highest BCUT2D eigenvalue weighted by Crippen LogP contribution is 2.38. The van der Waals surface area contributed by atoms with Gasteiger partial charge < -0.3 is 4.74 Å². The third-order valence-electron chi connectivity index (χ3n) is 3.90. The van der Waals surface area contributed by atoms with Crippen molar-refractivity contribution in [3.8, 4) is 0 Å². The quantitative estimate of drug-likeness (QED) is 0.579. The van der Waals surface area contributed by atoms with Gasteiger partial charge in [-0.1, -0.05) is 30.3 Å². The number of hydrogen-bond donors (Lipinski definition) is 0. The molecule has 1 aromatic carbocycles. The highest BCUT2D eigenvalue weighted by molar-refractivity contribution is 6.16. The van der Waals surface area contributed by atoms with Crippen molar-refractivity contribution in [1.29, 1.82) is 0 Å². The van der Waals surface area contributed by atoms with E-state index in [1.54, 1.807) is 30.3 Å². The lowest BCUT2D eigenvalue weighted by atomic mass is 9.68. The van der Waals surface area contributed by atoms with Gasteiger partial charge in [0.15, 0.2) is 11.6 Å². The zero-order valence-corrected chi connectivity index (χ0v) is 11.0. The van der Waals surface area contributed by atoms with E-state index in [0.29, 0.717) is 17.5 Å². The molecule has 3 rings (SSSR count). The lowest BCUT2D eigenvalue weighted by molar-refractivity contribution is -0.146. The average molecular weight is 270 g/mol. The molecule has 2 aliphatic carbocycles. The molecule has 0 amide bonds. The molecule has 0 saturated carbocycles. The number of ketones is 2. The molecule has 102 valence electrons. The minimum Gasteiger partial charge on any atom is -0.458 e. The monoisotopic (exact) mass is 270 g/mol. The Bertz CT molecular complexity index is 629. The van der Waals surface area contributed by atoms with Crippen LogP contribution in [-0.4, -0.2) is 23.6 Å². The van der Waals surface area contributed by atoms with Crippen LogP contribution in [0.15, 0.2) is 36.4 Å². The van der Waals surface area contributed by atoms with E-state index in [4.69, 9.17) is 4.74 Å². The summed E-state index contributed by atoms with van der Waals surface area (Å²) in [6.07, 6.45) is 3.40. The molecular weight excluding hydrogens is 256 g/mol. The number of rotatable bonds is 1. The highest BCUT2D eigenvalue weighted by atomic mass is 16.5. The maximum Gasteiger partial charge on any atom is 0.303 e. The Morgan fingerprint density at radius 2 is 1.80 bits per heavy atom. The summed E-state index contributed by atoms with van der Waals surface area (Å²) in [5.41, 5.74) is 0.918. The van der Waals surface area contributed by atoms with Gasteiger partial charge in [-0.15, -0.1) is 0 Å². The van der Waals surface area contributed by atoms with E-state index in [2.05, 4.69) is 0 Å². The number of carbonyl (C=O) groups is 3. The predicted octanol–water partition coefficient (Wildman–Crippen LogP) is 2.19. The van der Waals surface area contributed by atoms with E-state index in [1.807, 2.05) is 6.08 Å². The van der Waals surface area contributed by atoms with Crippen LogP contribution in [0, 0.1) is 11.8 Å². The summed E-state index contributed by atoms with van der Waals surface area (Å²) in [6.45, 7) is 1.31. The van der Waals surface area contributed by atoms with Gasteiger partial charge in [-0.05, 0) is 12.5 Å². The molecule has 0 saturated heterocycles. The second-order valence-electron chi connectivity index (χ2n) is 5.14. The molecule has 2 aliphatic rings. The smallest absolute Gasteiger partial charge is 0.303 e. The predicted molar refractivity (Wildman–Crippen MR) is 71.4 cm³/mol. The third kappa shape index (κ3) is 1.88. The fraction of sp³-hybridized carbons (Fsp3) is 0.312. The van der Waals surface area contributed by atoms with Gasteiger partial charge in [0.2, 0.25) is 0 Å². The number of esters is 1. The van der Waals surface area contributed by atoms with E-state index in [1.165, 1.54) is 6.92 Å². The fourth-order valence-corrected chi connectivity index (χ4v) is 3.05. The van der Waals surface area contributed by atoms with E-state index in [9.17, 15) is 14.4 Å². The lowest BCUT2D eigenvalue weighted by Gasteiger charge is -2.36. The Labute approximate surface area is 116 Å². The standard InChI is InChI=1S/C16H14O4/c1-9(17)20-13-8-4-7-12-14(13)16(19)11-6-3-2-5-10(11)15(12)18/h2-6,8,12-14H,7H2,1H3. The molecule has 20 heavy (non-hydrogen) atoms. The minimum absolute atomic E-state index is 0.0355. The van der Waals surface area contributed by atoms with Gasteiger partial charge in [-0.3, -0.25) is 14.4 Å². The van der Waals surface area contributed by atoms with Crippen LogP contribution in [0.3, 0.4) is 0 Å². The van der Waals surface area contributed by atoms with Crippen LogP contribution in [-0.2, 0) is 9.53 Å². The van der Waals surface area contributed by atoms with Crippen molar-refractivity contribution in [1.82, 2.24) is 0 Å². The summed E-state index contributed by atoms with van der Waals surface area (Å²) in [6, 6.07) is 6.84. The highest BCUT2D eigenvalue weighted by Gasteiger charge is 2.46. The van der Waals surface area contributed by atoms with Gasteiger partial charge in [0, 0.05) is 24.0 Å². The topological polar surface area (TPSA) is 60.4 Å². The van der Waals surface area contributed by atoms with Crippen molar-refractivity contribution < 1.29 is 19.1 Å². The number of Topliss-reactive ketones (excluding diaryl/α,β-unsaturated/α-hetero) is 2. The number of hydrogen-bond acceptors (Lipinski definition) is 4. The van der Waals surface area contributed by atoms with Crippen LogP contribution in [0.1, 0.15) is 34.1 Å². The van der Waals surface area contributed by atoms with Gasteiger partial charge in [0.25, 0.3) is 0 Å². The van der Waals surface area contributed by atoms with E-state index < -0.39 is 23.9 Å². The molecule has 0 N–H and O–H groups in total. The van der Waals surface area contributed by atoms with Crippen LogP contribution in [0.5, 0.6) is 0 Å². The van der Waals surface area contributed by atoms with Gasteiger partial charge in [-0.25, -0.2) is 0 Å². The fourth-order valence-electron chi connectivity index (χ4n) is 3.05. The molecule has 0 fully saturated rings. The Morgan fingerprint density at radius 1 is 1.15 bits per heavy atom. The molecule has 4 nitrogen and oxygen atoms in total. The first kappa shape index (κ1) is 12.8. The second-order valence-corrected chi connectivity index (χ2v) is 5.14. The van der Waals surface area contributed by atoms with Crippen molar-refractivity contribution in [2.24, 2.45) is 11.8 Å². The molecule has 1 aromatic rings. The summed E-state index contributed by atoms with van der Waals surface area (Å²) in [4.78, 5) is 36.3. The molecule has 0 aliphatic heterocycles.